The molecule has 0 radical (unpaired) electrons. The second kappa shape index (κ2) is 11.6. The molecule has 0 amide bonds. The summed E-state index contributed by atoms with van der Waals surface area (Å²) in [5.74, 6) is 3.43. The van der Waals surface area contributed by atoms with Crippen LogP contribution in [0.15, 0.2) is 47.5 Å². The van der Waals surface area contributed by atoms with Crippen molar-refractivity contribution in [3.05, 3.63) is 48.0 Å². The van der Waals surface area contributed by atoms with Gasteiger partial charge in [-0.3, -0.25) is 4.99 Å². The maximum Gasteiger partial charge on any atom is 0.203 e. The average molecular weight is 387 g/mol. The molecule has 0 aliphatic carbocycles. The molecule has 2 N–H and O–H groups in total. The second-order valence-electron chi connectivity index (χ2n) is 5.86. The maximum absolute atomic E-state index is 5.69. The molecule has 0 aliphatic heterocycles. The summed E-state index contributed by atoms with van der Waals surface area (Å²) in [4.78, 5) is 4.25. The third kappa shape index (κ3) is 5.97. The zero-order valence-corrected chi connectivity index (χ0v) is 17.0. The van der Waals surface area contributed by atoms with Crippen molar-refractivity contribution >= 4 is 5.96 Å². The number of benzene rings is 2. The molecule has 0 bridgehead atoms. The molecule has 28 heavy (non-hydrogen) atoms. The van der Waals surface area contributed by atoms with Crippen molar-refractivity contribution in [3.8, 4) is 23.0 Å². The van der Waals surface area contributed by atoms with E-state index in [1.165, 1.54) is 0 Å². The average Bonchev–Trinajstić information content (AvgIpc) is 2.75. The first kappa shape index (κ1) is 21.2. The SMILES string of the molecule is CN=C(NCCCOc1ccccc1)NCc1ccc(OC)c(OC)c1OC. The number of para-hydroxylation sites is 1. The first-order valence-electron chi connectivity index (χ1n) is 9.13. The highest BCUT2D eigenvalue weighted by Gasteiger charge is 2.15. The zero-order valence-electron chi connectivity index (χ0n) is 17.0. The van der Waals surface area contributed by atoms with Gasteiger partial charge >= 0.3 is 0 Å². The highest BCUT2D eigenvalue weighted by molar-refractivity contribution is 5.79. The van der Waals surface area contributed by atoms with Crippen LogP contribution in [-0.4, -0.2) is 47.5 Å². The lowest BCUT2D eigenvalue weighted by Crippen LogP contribution is -2.37. The van der Waals surface area contributed by atoms with Gasteiger partial charge in [-0.05, 0) is 30.7 Å². The molecule has 7 nitrogen and oxygen atoms in total. The van der Waals surface area contributed by atoms with Crippen molar-refractivity contribution in [2.24, 2.45) is 4.99 Å². The van der Waals surface area contributed by atoms with Crippen LogP contribution in [0.5, 0.6) is 23.0 Å². The van der Waals surface area contributed by atoms with E-state index in [-0.39, 0.29) is 0 Å². The van der Waals surface area contributed by atoms with Crippen molar-refractivity contribution in [1.29, 1.82) is 0 Å². The van der Waals surface area contributed by atoms with E-state index in [1.807, 2.05) is 42.5 Å². The Balaban J connectivity index is 1.82. The van der Waals surface area contributed by atoms with Crippen molar-refractivity contribution in [2.75, 3.05) is 41.5 Å². The van der Waals surface area contributed by atoms with E-state index in [4.69, 9.17) is 18.9 Å². The van der Waals surface area contributed by atoms with E-state index in [2.05, 4.69) is 15.6 Å². The van der Waals surface area contributed by atoms with E-state index in [1.54, 1.807) is 28.4 Å². The van der Waals surface area contributed by atoms with Crippen LogP contribution < -0.4 is 29.6 Å². The van der Waals surface area contributed by atoms with E-state index >= 15 is 0 Å². The highest BCUT2D eigenvalue weighted by Crippen LogP contribution is 2.39. The van der Waals surface area contributed by atoms with Crippen LogP contribution in [0.1, 0.15) is 12.0 Å². The molecule has 0 aliphatic rings. The van der Waals surface area contributed by atoms with E-state index in [0.29, 0.717) is 36.4 Å². The largest absolute Gasteiger partial charge is 0.494 e. The predicted octanol–water partition coefficient (Wildman–Crippen LogP) is 2.85. The Morgan fingerprint density at radius 3 is 2.29 bits per heavy atom. The van der Waals surface area contributed by atoms with Gasteiger partial charge in [0.2, 0.25) is 5.75 Å². The number of hydrogen-bond donors (Lipinski definition) is 2. The Morgan fingerprint density at radius 1 is 0.893 bits per heavy atom. The molecular formula is C21H29N3O4. The lowest BCUT2D eigenvalue weighted by Gasteiger charge is -2.17. The van der Waals surface area contributed by atoms with Gasteiger partial charge in [-0.15, -0.1) is 0 Å². The number of nitrogens with zero attached hydrogens (tertiary/aromatic N) is 1. The molecular weight excluding hydrogens is 358 g/mol. The first-order valence-corrected chi connectivity index (χ1v) is 9.13. The van der Waals surface area contributed by atoms with Gasteiger partial charge in [-0.25, -0.2) is 0 Å². The molecule has 0 spiro atoms. The van der Waals surface area contributed by atoms with E-state index in [0.717, 1.165) is 24.3 Å². The fourth-order valence-corrected chi connectivity index (χ4v) is 2.69. The predicted molar refractivity (Wildman–Crippen MR) is 111 cm³/mol. The summed E-state index contributed by atoms with van der Waals surface area (Å²) in [6.45, 7) is 1.91. The Morgan fingerprint density at radius 2 is 1.64 bits per heavy atom. The van der Waals surface area contributed by atoms with Crippen LogP contribution >= 0.6 is 0 Å². The molecule has 0 fully saturated rings. The summed E-state index contributed by atoms with van der Waals surface area (Å²) in [5.41, 5.74) is 0.940. The molecule has 152 valence electrons. The third-order valence-electron chi connectivity index (χ3n) is 4.08. The number of nitrogens with one attached hydrogen (secondary N) is 2. The van der Waals surface area contributed by atoms with Gasteiger partial charge in [0.05, 0.1) is 27.9 Å². The van der Waals surface area contributed by atoms with Crippen LogP contribution in [0.2, 0.25) is 0 Å². The van der Waals surface area contributed by atoms with Crippen LogP contribution in [0, 0.1) is 0 Å². The lowest BCUT2D eigenvalue weighted by molar-refractivity contribution is 0.311. The van der Waals surface area contributed by atoms with Crippen LogP contribution in [0.4, 0.5) is 0 Å². The molecule has 0 unspecified atom stereocenters. The summed E-state index contributed by atoms with van der Waals surface area (Å²) < 4.78 is 21.9. The number of hydrogen-bond acceptors (Lipinski definition) is 5. The van der Waals surface area contributed by atoms with Crippen molar-refractivity contribution in [2.45, 2.75) is 13.0 Å². The van der Waals surface area contributed by atoms with E-state index in [9.17, 15) is 0 Å². The number of ether oxygens (including phenoxy) is 4. The molecule has 2 aromatic rings. The van der Waals surface area contributed by atoms with Crippen LogP contribution in [0.25, 0.3) is 0 Å². The van der Waals surface area contributed by atoms with Crippen LogP contribution in [0.3, 0.4) is 0 Å². The van der Waals surface area contributed by atoms with Gasteiger partial charge in [0.15, 0.2) is 17.5 Å². The minimum atomic E-state index is 0.531. The molecule has 2 aromatic carbocycles. The Bertz CT molecular complexity index is 751. The highest BCUT2D eigenvalue weighted by atomic mass is 16.5. The first-order chi connectivity index (χ1) is 13.7. The smallest absolute Gasteiger partial charge is 0.203 e. The molecule has 0 aromatic heterocycles. The summed E-state index contributed by atoms with van der Waals surface area (Å²) in [7, 11) is 6.54. The minimum absolute atomic E-state index is 0.531. The van der Waals surface area contributed by atoms with Crippen LogP contribution in [-0.2, 0) is 6.54 Å². The Hall–Kier alpha value is -3.09. The normalized spacial score (nSPS) is 10.9. The summed E-state index contributed by atoms with van der Waals surface area (Å²) in [6, 6.07) is 13.6. The Kier molecular flexibility index (Phi) is 8.78. The van der Waals surface area contributed by atoms with Gasteiger partial charge in [0, 0.05) is 25.7 Å². The number of guanidine groups is 1. The standard InChI is InChI=1S/C21H29N3O4/c1-22-21(23-13-8-14-28-17-9-6-5-7-10-17)24-15-16-11-12-18(25-2)20(27-4)19(16)26-3/h5-7,9-12H,8,13-15H2,1-4H3,(H2,22,23,24). The summed E-state index contributed by atoms with van der Waals surface area (Å²) >= 11 is 0. The molecule has 0 atom stereocenters. The van der Waals surface area contributed by atoms with E-state index < -0.39 is 0 Å². The number of methoxy groups -OCH3 is 3. The monoisotopic (exact) mass is 387 g/mol. The van der Waals surface area contributed by atoms with Gasteiger partial charge in [-0.2, -0.15) is 0 Å². The molecule has 0 heterocycles. The quantitative estimate of drug-likeness (QED) is 0.371. The fraction of sp³-hybridized carbons (Fsp3) is 0.381. The molecule has 2 rings (SSSR count). The lowest BCUT2D eigenvalue weighted by atomic mass is 10.1. The Labute approximate surface area is 166 Å². The minimum Gasteiger partial charge on any atom is -0.494 e. The third-order valence-corrected chi connectivity index (χ3v) is 4.08. The van der Waals surface area contributed by atoms with Gasteiger partial charge < -0.3 is 29.6 Å². The zero-order chi connectivity index (χ0) is 20.2. The number of aliphatic imine (C=N–C) groups is 1. The summed E-state index contributed by atoms with van der Waals surface area (Å²) in [6.07, 6.45) is 0.856. The number of rotatable bonds is 10. The van der Waals surface area contributed by atoms with Crippen molar-refractivity contribution < 1.29 is 18.9 Å². The second-order valence-corrected chi connectivity index (χ2v) is 5.86. The topological polar surface area (TPSA) is 73.3 Å². The maximum atomic E-state index is 5.69. The van der Waals surface area contributed by atoms with Crippen molar-refractivity contribution in [3.63, 3.8) is 0 Å². The molecule has 0 saturated carbocycles. The van der Waals surface area contributed by atoms with Crippen molar-refractivity contribution in [1.82, 2.24) is 10.6 Å². The van der Waals surface area contributed by atoms with Gasteiger partial charge in [-0.1, -0.05) is 18.2 Å². The van der Waals surface area contributed by atoms with Gasteiger partial charge in [0.1, 0.15) is 5.75 Å². The molecule has 7 heteroatoms. The molecule has 0 saturated heterocycles. The summed E-state index contributed by atoms with van der Waals surface area (Å²) in [5, 5.41) is 6.56. The van der Waals surface area contributed by atoms with Gasteiger partial charge in [0.25, 0.3) is 0 Å². The fourth-order valence-electron chi connectivity index (χ4n) is 2.69.